The molecule has 0 unspecified atom stereocenters. The van der Waals surface area contributed by atoms with Gasteiger partial charge in [0.1, 0.15) is 5.75 Å². The van der Waals surface area contributed by atoms with Crippen LogP contribution in [0.5, 0.6) is 5.75 Å². The highest BCUT2D eigenvalue weighted by Gasteiger charge is 2.29. The number of aromatic nitrogens is 2. The Hall–Kier alpha value is -2.84. The number of hydrogen-bond donors (Lipinski definition) is 1. The SMILES string of the molecule is COc1ccccc1N(C[C@H](O)Cn1nc(C)cc1C)S(=O)(=O)c1ccccc1. The Morgan fingerprint density at radius 2 is 1.76 bits per heavy atom. The number of anilines is 1. The molecule has 0 fully saturated rings. The van der Waals surface area contributed by atoms with Gasteiger partial charge in [-0.1, -0.05) is 30.3 Å². The number of aryl methyl sites for hydroxylation is 2. The molecule has 0 amide bonds. The summed E-state index contributed by atoms with van der Waals surface area (Å²) in [5, 5.41) is 15.1. The highest BCUT2D eigenvalue weighted by atomic mass is 32.2. The lowest BCUT2D eigenvalue weighted by Crippen LogP contribution is -2.39. The maximum atomic E-state index is 13.4. The predicted octanol–water partition coefficient (Wildman–Crippen LogP) is 2.76. The van der Waals surface area contributed by atoms with Crippen LogP contribution in [0.1, 0.15) is 11.4 Å². The first kappa shape index (κ1) is 20.9. The third-order valence-corrected chi connectivity index (χ3v) is 6.34. The second-order valence-electron chi connectivity index (χ2n) is 6.78. The van der Waals surface area contributed by atoms with E-state index in [0.717, 1.165) is 11.4 Å². The molecular weight excluding hydrogens is 390 g/mol. The molecule has 8 heteroatoms. The van der Waals surface area contributed by atoms with Crippen molar-refractivity contribution in [1.29, 1.82) is 0 Å². The summed E-state index contributed by atoms with van der Waals surface area (Å²) >= 11 is 0. The van der Waals surface area contributed by atoms with E-state index < -0.39 is 16.1 Å². The summed E-state index contributed by atoms with van der Waals surface area (Å²) < 4.78 is 35.0. The summed E-state index contributed by atoms with van der Waals surface area (Å²) in [6.45, 7) is 3.80. The van der Waals surface area contributed by atoms with Gasteiger partial charge in [-0.05, 0) is 44.2 Å². The van der Waals surface area contributed by atoms with Crippen molar-refractivity contribution in [1.82, 2.24) is 9.78 Å². The molecule has 7 nitrogen and oxygen atoms in total. The minimum absolute atomic E-state index is 0.143. The number of aliphatic hydroxyl groups excluding tert-OH is 1. The van der Waals surface area contributed by atoms with Crippen LogP contribution in [0.25, 0.3) is 0 Å². The molecule has 0 aliphatic carbocycles. The molecule has 1 N–H and O–H groups in total. The monoisotopic (exact) mass is 415 g/mol. The molecule has 29 heavy (non-hydrogen) atoms. The van der Waals surface area contributed by atoms with Crippen molar-refractivity contribution >= 4 is 15.7 Å². The molecule has 0 saturated carbocycles. The van der Waals surface area contributed by atoms with E-state index in [-0.39, 0.29) is 18.0 Å². The molecule has 1 aromatic heterocycles. The summed E-state index contributed by atoms with van der Waals surface area (Å²) in [6.07, 6.45) is -0.976. The number of rotatable bonds is 8. The molecule has 0 aliphatic rings. The van der Waals surface area contributed by atoms with Gasteiger partial charge in [0.05, 0.1) is 42.6 Å². The maximum absolute atomic E-state index is 13.4. The van der Waals surface area contributed by atoms with Crippen molar-refractivity contribution in [3.63, 3.8) is 0 Å². The third-order valence-electron chi connectivity index (χ3n) is 4.55. The van der Waals surface area contributed by atoms with Gasteiger partial charge in [0.15, 0.2) is 0 Å². The number of para-hydroxylation sites is 2. The van der Waals surface area contributed by atoms with Crippen LogP contribution >= 0.6 is 0 Å². The van der Waals surface area contributed by atoms with Gasteiger partial charge in [-0.15, -0.1) is 0 Å². The van der Waals surface area contributed by atoms with Crippen molar-refractivity contribution in [3.05, 3.63) is 72.1 Å². The molecule has 1 atom stereocenters. The first-order valence-corrected chi connectivity index (χ1v) is 10.7. The fourth-order valence-corrected chi connectivity index (χ4v) is 4.72. The fraction of sp³-hybridized carbons (Fsp3) is 0.286. The smallest absolute Gasteiger partial charge is 0.264 e. The van der Waals surface area contributed by atoms with Gasteiger partial charge < -0.3 is 9.84 Å². The molecular formula is C21H25N3O4S. The molecule has 3 aromatic rings. The summed E-state index contributed by atoms with van der Waals surface area (Å²) in [5.74, 6) is 0.408. The highest BCUT2D eigenvalue weighted by molar-refractivity contribution is 7.92. The molecule has 3 rings (SSSR count). The van der Waals surface area contributed by atoms with Crippen molar-refractivity contribution in [2.75, 3.05) is 18.0 Å². The number of nitrogens with zero attached hydrogens (tertiary/aromatic N) is 3. The minimum Gasteiger partial charge on any atom is -0.495 e. The van der Waals surface area contributed by atoms with Gasteiger partial charge in [-0.3, -0.25) is 8.99 Å². The van der Waals surface area contributed by atoms with Crippen LogP contribution in [0.15, 0.2) is 65.6 Å². The Kier molecular flexibility index (Phi) is 6.24. The Balaban J connectivity index is 1.98. The molecule has 2 aromatic carbocycles. The summed E-state index contributed by atoms with van der Waals surface area (Å²) in [5.41, 5.74) is 2.11. The number of benzene rings is 2. The molecule has 0 aliphatic heterocycles. The Morgan fingerprint density at radius 1 is 1.10 bits per heavy atom. The van der Waals surface area contributed by atoms with Gasteiger partial charge in [0.2, 0.25) is 0 Å². The van der Waals surface area contributed by atoms with Gasteiger partial charge in [0.25, 0.3) is 10.0 Å². The van der Waals surface area contributed by atoms with Gasteiger partial charge >= 0.3 is 0 Å². The van der Waals surface area contributed by atoms with Crippen LogP contribution in [0.3, 0.4) is 0 Å². The van der Waals surface area contributed by atoms with Crippen LogP contribution in [0.2, 0.25) is 0 Å². The van der Waals surface area contributed by atoms with Crippen molar-refractivity contribution in [2.45, 2.75) is 31.4 Å². The molecule has 0 spiro atoms. The van der Waals surface area contributed by atoms with Crippen LogP contribution in [0, 0.1) is 13.8 Å². The molecule has 1 heterocycles. The largest absolute Gasteiger partial charge is 0.495 e. The average molecular weight is 416 g/mol. The Labute approximate surface area is 171 Å². The summed E-state index contributed by atoms with van der Waals surface area (Å²) in [7, 11) is -2.43. The van der Waals surface area contributed by atoms with E-state index in [1.165, 1.54) is 23.5 Å². The van der Waals surface area contributed by atoms with Crippen LogP contribution in [0.4, 0.5) is 5.69 Å². The van der Waals surface area contributed by atoms with E-state index in [9.17, 15) is 13.5 Å². The van der Waals surface area contributed by atoms with Crippen molar-refractivity contribution < 1.29 is 18.3 Å². The van der Waals surface area contributed by atoms with E-state index in [0.29, 0.717) is 11.4 Å². The standard InChI is InChI=1S/C21H25N3O4S/c1-16-13-17(2)23(22-16)14-18(25)15-24(20-11-7-8-12-21(20)28-3)29(26,27)19-9-5-4-6-10-19/h4-13,18,25H,14-15H2,1-3H3/t18-/m1/s1. The minimum atomic E-state index is -3.92. The fourth-order valence-electron chi connectivity index (χ4n) is 3.19. The number of sulfonamides is 1. The third kappa shape index (κ3) is 4.60. The zero-order chi connectivity index (χ0) is 21.0. The van der Waals surface area contributed by atoms with E-state index in [4.69, 9.17) is 4.74 Å². The first-order valence-electron chi connectivity index (χ1n) is 9.23. The molecule has 154 valence electrons. The molecule has 0 bridgehead atoms. The van der Waals surface area contributed by atoms with Crippen LogP contribution in [-0.2, 0) is 16.6 Å². The second kappa shape index (κ2) is 8.67. The van der Waals surface area contributed by atoms with Crippen LogP contribution < -0.4 is 9.04 Å². The summed E-state index contributed by atoms with van der Waals surface area (Å²) in [4.78, 5) is 0.143. The van der Waals surface area contributed by atoms with E-state index in [1.807, 2.05) is 19.9 Å². The van der Waals surface area contributed by atoms with Crippen LogP contribution in [-0.4, -0.2) is 43.1 Å². The number of ether oxygens (including phenoxy) is 1. The lowest BCUT2D eigenvalue weighted by molar-refractivity contribution is 0.157. The van der Waals surface area contributed by atoms with Gasteiger partial charge in [0, 0.05) is 5.69 Å². The average Bonchev–Trinajstić information content (AvgIpc) is 3.03. The normalized spacial score (nSPS) is 12.6. The van der Waals surface area contributed by atoms with E-state index in [1.54, 1.807) is 47.1 Å². The maximum Gasteiger partial charge on any atom is 0.264 e. The number of methoxy groups -OCH3 is 1. The highest BCUT2D eigenvalue weighted by Crippen LogP contribution is 2.32. The van der Waals surface area contributed by atoms with Crippen molar-refractivity contribution in [2.24, 2.45) is 0 Å². The Bertz CT molecular complexity index is 1060. The van der Waals surface area contributed by atoms with Gasteiger partial charge in [-0.2, -0.15) is 5.10 Å². The predicted molar refractivity (Wildman–Crippen MR) is 112 cm³/mol. The van der Waals surface area contributed by atoms with Gasteiger partial charge in [-0.25, -0.2) is 8.42 Å². The Morgan fingerprint density at radius 3 is 2.38 bits per heavy atom. The quantitative estimate of drug-likeness (QED) is 0.612. The molecule has 0 radical (unpaired) electrons. The second-order valence-corrected chi connectivity index (χ2v) is 8.65. The zero-order valence-electron chi connectivity index (χ0n) is 16.7. The van der Waals surface area contributed by atoms with Crippen molar-refractivity contribution in [3.8, 4) is 5.75 Å². The molecule has 0 saturated heterocycles. The topological polar surface area (TPSA) is 84.7 Å². The lowest BCUT2D eigenvalue weighted by Gasteiger charge is -2.28. The first-order chi connectivity index (χ1) is 13.8. The summed E-state index contributed by atoms with van der Waals surface area (Å²) in [6, 6.07) is 16.9. The van der Waals surface area contributed by atoms with E-state index >= 15 is 0 Å². The zero-order valence-corrected chi connectivity index (χ0v) is 17.5. The van der Waals surface area contributed by atoms with E-state index in [2.05, 4.69) is 5.10 Å². The number of hydrogen-bond acceptors (Lipinski definition) is 5. The lowest BCUT2D eigenvalue weighted by atomic mass is 10.2. The number of aliphatic hydroxyl groups is 1.